The Morgan fingerprint density at radius 1 is 0.885 bits per heavy atom. The summed E-state index contributed by atoms with van der Waals surface area (Å²) in [5, 5.41) is 2.20. The summed E-state index contributed by atoms with van der Waals surface area (Å²) >= 11 is 0.471. The normalized spacial score (nSPS) is 16.9. The number of halogens is 3. The van der Waals surface area contributed by atoms with E-state index in [2.05, 4.69) is 22.0 Å². The van der Waals surface area contributed by atoms with E-state index in [-0.39, 0.29) is 0 Å². The molecule has 0 aromatic heterocycles. The molecule has 1 aliphatic rings. The monoisotopic (exact) mass is 513 g/mol. The second-order valence-corrected chi connectivity index (χ2v) is 16.1. The first-order valence-corrected chi connectivity index (χ1v) is 15.0. The van der Waals surface area contributed by atoms with Gasteiger partial charge in [-0.05, 0) is 0 Å². The average molecular weight is 514 g/mol. The molecule has 0 saturated carbocycles. The van der Waals surface area contributed by atoms with Crippen LogP contribution in [-0.2, 0) is 0 Å². The number of nitrogens with zero attached hydrogens (tertiary/aromatic N) is 1. The summed E-state index contributed by atoms with van der Waals surface area (Å²) in [6.07, 6.45) is 0. The van der Waals surface area contributed by atoms with Crippen molar-refractivity contribution >= 4 is 68.2 Å². The Morgan fingerprint density at radius 3 is 2.27 bits per heavy atom. The van der Waals surface area contributed by atoms with E-state index in [1.165, 1.54) is 0 Å². The third-order valence-electron chi connectivity index (χ3n) is 4.17. The Labute approximate surface area is 171 Å². The van der Waals surface area contributed by atoms with Crippen molar-refractivity contribution in [3.63, 3.8) is 0 Å². The molecule has 3 aromatic carbocycles. The number of rotatable bonds is 3. The molecule has 0 radical (unpaired) electrons. The van der Waals surface area contributed by atoms with Crippen LogP contribution in [0.25, 0.3) is 16.5 Å². The Morgan fingerprint density at radius 2 is 1.54 bits per heavy atom. The summed E-state index contributed by atoms with van der Waals surface area (Å²) < 4.78 is 7.10. The summed E-state index contributed by atoms with van der Waals surface area (Å²) in [5.74, 6) is 0.835. The molecular formula is C20H14BrCl2NOSe. The van der Waals surface area contributed by atoms with Crippen LogP contribution in [0.15, 0.2) is 75.1 Å². The summed E-state index contributed by atoms with van der Waals surface area (Å²) in [4.78, 5) is 6.74. The summed E-state index contributed by atoms with van der Waals surface area (Å²) in [6, 6.07) is 20.1. The number of methoxy groups -OCH3 is 1. The standard InChI is InChI=1S/C20H14BrCl2NOSe/c1-25-18-9-6-14-10-16(3-2-15(14)11-18)20-24-19(12-26(20,22)23)13-4-7-17(21)8-5-13/h2-12H,1H3. The van der Waals surface area contributed by atoms with Crippen molar-refractivity contribution in [2.45, 2.75) is 0 Å². The summed E-state index contributed by atoms with van der Waals surface area (Å²) in [7, 11) is 15.1. The van der Waals surface area contributed by atoms with E-state index in [1.807, 2.05) is 59.6 Å². The first-order chi connectivity index (χ1) is 12.5. The Hall–Kier alpha value is -1.29. The van der Waals surface area contributed by atoms with Crippen LogP contribution in [0.5, 0.6) is 5.75 Å². The fourth-order valence-electron chi connectivity index (χ4n) is 2.85. The minimum absolute atomic E-state index is 0.792. The molecule has 0 atom stereocenters. The molecule has 0 bridgehead atoms. The Balaban J connectivity index is 1.76. The van der Waals surface area contributed by atoms with Gasteiger partial charge in [-0.3, -0.25) is 0 Å². The number of aliphatic imine (C=N–C) groups is 1. The molecule has 0 saturated heterocycles. The van der Waals surface area contributed by atoms with E-state index >= 15 is 0 Å². The zero-order valence-electron chi connectivity index (χ0n) is 13.7. The van der Waals surface area contributed by atoms with Crippen LogP contribution in [0.3, 0.4) is 0 Å². The molecule has 4 rings (SSSR count). The van der Waals surface area contributed by atoms with Gasteiger partial charge in [0, 0.05) is 0 Å². The second-order valence-electron chi connectivity index (χ2n) is 5.86. The van der Waals surface area contributed by atoms with E-state index in [0.717, 1.165) is 42.4 Å². The summed E-state index contributed by atoms with van der Waals surface area (Å²) in [6.45, 7) is 0. The molecule has 1 aliphatic heterocycles. The number of ether oxygens (including phenoxy) is 1. The topological polar surface area (TPSA) is 21.6 Å². The molecule has 0 aliphatic carbocycles. The van der Waals surface area contributed by atoms with Gasteiger partial charge in [0.1, 0.15) is 0 Å². The molecule has 0 N–H and O–H groups in total. The van der Waals surface area contributed by atoms with Gasteiger partial charge >= 0.3 is 172 Å². The molecular weight excluding hydrogens is 500 g/mol. The molecule has 0 fully saturated rings. The van der Waals surface area contributed by atoms with Crippen molar-refractivity contribution in [1.29, 1.82) is 0 Å². The summed E-state index contributed by atoms with van der Waals surface area (Å²) in [5.41, 5.74) is 2.82. The SMILES string of the molecule is COc1ccc2cc(C3=NC(c4ccc(Br)cc4)=C[Se]3(Cl)Cl)ccc2c1. The van der Waals surface area contributed by atoms with Crippen molar-refractivity contribution < 1.29 is 4.74 Å². The van der Waals surface area contributed by atoms with Gasteiger partial charge in [0.05, 0.1) is 0 Å². The van der Waals surface area contributed by atoms with Crippen molar-refractivity contribution in [2.75, 3.05) is 7.11 Å². The molecule has 3 aromatic rings. The molecule has 1 heterocycles. The van der Waals surface area contributed by atoms with Gasteiger partial charge < -0.3 is 0 Å². The van der Waals surface area contributed by atoms with Crippen LogP contribution in [-0.4, -0.2) is 22.7 Å². The van der Waals surface area contributed by atoms with Crippen LogP contribution in [0, 0.1) is 0 Å². The molecule has 2 nitrogen and oxygen atoms in total. The van der Waals surface area contributed by atoms with Gasteiger partial charge in [0.15, 0.2) is 0 Å². The molecule has 0 unspecified atom stereocenters. The third kappa shape index (κ3) is 3.45. The first-order valence-electron chi connectivity index (χ1n) is 7.83. The van der Waals surface area contributed by atoms with Gasteiger partial charge in [-0.15, -0.1) is 0 Å². The quantitative estimate of drug-likeness (QED) is 0.369. The molecule has 26 heavy (non-hydrogen) atoms. The zero-order chi connectivity index (χ0) is 18.3. The minimum atomic E-state index is -2.98. The number of fused-ring (bicyclic) bond motifs is 1. The first kappa shape index (κ1) is 18.1. The number of hydrogen-bond donors (Lipinski definition) is 0. The average Bonchev–Trinajstić information content (AvgIpc) is 2.96. The molecule has 0 amide bonds. The van der Waals surface area contributed by atoms with Gasteiger partial charge in [0.2, 0.25) is 0 Å². The van der Waals surface area contributed by atoms with Crippen molar-refractivity contribution in [3.05, 3.63) is 81.2 Å². The van der Waals surface area contributed by atoms with Crippen LogP contribution < -0.4 is 4.74 Å². The van der Waals surface area contributed by atoms with Crippen molar-refractivity contribution in [3.8, 4) is 5.75 Å². The van der Waals surface area contributed by atoms with E-state index < -0.39 is 11.0 Å². The van der Waals surface area contributed by atoms with Crippen molar-refractivity contribution in [2.24, 2.45) is 4.99 Å². The van der Waals surface area contributed by atoms with Crippen LogP contribution >= 0.6 is 36.1 Å². The van der Waals surface area contributed by atoms with Gasteiger partial charge in [-0.25, -0.2) is 0 Å². The molecule has 0 spiro atoms. The van der Waals surface area contributed by atoms with Crippen molar-refractivity contribution in [1.82, 2.24) is 0 Å². The van der Waals surface area contributed by atoms with Crippen LogP contribution in [0.2, 0.25) is 0 Å². The zero-order valence-corrected chi connectivity index (χ0v) is 18.6. The van der Waals surface area contributed by atoms with Crippen LogP contribution in [0.4, 0.5) is 0 Å². The van der Waals surface area contributed by atoms with Crippen LogP contribution in [0.1, 0.15) is 11.1 Å². The van der Waals surface area contributed by atoms with E-state index in [4.69, 9.17) is 29.9 Å². The fourth-order valence-corrected chi connectivity index (χ4v) is 7.88. The fraction of sp³-hybridized carbons (Fsp3) is 0.0500. The predicted octanol–water partition coefficient (Wildman–Crippen LogP) is 6.45. The van der Waals surface area contributed by atoms with Gasteiger partial charge in [-0.2, -0.15) is 0 Å². The van der Waals surface area contributed by atoms with Gasteiger partial charge in [0.25, 0.3) is 0 Å². The van der Waals surface area contributed by atoms with E-state index in [9.17, 15) is 0 Å². The number of hydrogen-bond acceptors (Lipinski definition) is 2. The number of benzene rings is 3. The third-order valence-corrected chi connectivity index (χ3v) is 10.0. The van der Waals surface area contributed by atoms with E-state index in [0.29, 0.717) is 0 Å². The van der Waals surface area contributed by atoms with Gasteiger partial charge in [-0.1, -0.05) is 0 Å². The maximum atomic E-state index is 6.73. The second kappa shape index (κ2) is 7.03. The predicted molar refractivity (Wildman–Crippen MR) is 117 cm³/mol. The molecule has 132 valence electrons. The molecule has 6 heteroatoms. The Bertz CT molecular complexity index is 1060. The van der Waals surface area contributed by atoms with E-state index in [1.54, 1.807) is 7.11 Å². The Kier molecular flexibility index (Phi) is 4.89. The maximum absolute atomic E-state index is 6.73.